The van der Waals surface area contributed by atoms with E-state index in [2.05, 4.69) is 25.1 Å². The van der Waals surface area contributed by atoms with Crippen LogP contribution in [-0.2, 0) is 31.6 Å². The van der Waals surface area contributed by atoms with Crippen LogP contribution in [0.1, 0.15) is 49.5 Å². The monoisotopic (exact) mass is 520 g/mol. The van der Waals surface area contributed by atoms with E-state index in [-0.39, 0.29) is 17.7 Å². The Morgan fingerprint density at radius 2 is 1.97 bits per heavy atom. The van der Waals surface area contributed by atoms with Crippen LogP contribution in [0.15, 0.2) is 30.9 Å². The maximum Gasteiger partial charge on any atom is 0.165 e. The van der Waals surface area contributed by atoms with E-state index < -0.39 is 21.2 Å². The van der Waals surface area contributed by atoms with Crippen molar-refractivity contribution < 1.29 is 17.9 Å². The molecule has 0 N–H and O–H groups in total. The number of pyridine rings is 1. The first-order valence-electron chi connectivity index (χ1n) is 11.5. The lowest BCUT2D eigenvalue weighted by Crippen LogP contribution is -2.31. The zero-order valence-corrected chi connectivity index (χ0v) is 21.5. The lowest BCUT2D eigenvalue weighted by molar-refractivity contribution is 0.00583. The Morgan fingerprint density at radius 3 is 2.63 bits per heavy atom. The van der Waals surface area contributed by atoms with E-state index in [1.165, 1.54) is 19.5 Å². The summed E-state index contributed by atoms with van der Waals surface area (Å²) in [5.41, 5.74) is 1.74. The van der Waals surface area contributed by atoms with E-state index in [0.717, 1.165) is 30.4 Å². The minimum Gasteiger partial charge on any atom is -0.376 e. The van der Waals surface area contributed by atoms with Gasteiger partial charge in [-0.25, -0.2) is 18.4 Å². The van der Waals surface area contributed by atoms with Gasteiger partial charge in [-0.15, -0.1) is 10.2 Å². The second-order valence-electron chi connectivity index (χ2n) is 8.72. The van der Waals surface area contributed by atoms with Crippen molar-refractivity contribution in [2.75, 3.05) is 13.7 Å². The lowest BCUT2D eigenvalue weighted by atomic mass is 10.1. The lowest BCUT2D eigenvalue weighted by Gasteiger charge is -2.25. The summed E-state index contributed by atoms with van der Waals surface area (Å²) in [7, 11) is -2.31. The molecule has 0 radical (unpaired) electrons. The molecule has 0 saturated carbocycles. The Hall–Kier alpha value is -2.47. The number of nitrogens with zero attached hydrogens (tertiary/aromatic N) is 6. The molecule has 10 nitrogen and oxygen atoms in total. The Morgan fingerprint density at radius 1 is 1.20 bits per heavy atom. The average Bonchev–Trinajstić information content (AvgIpc) is 3.22. The number of sulfone groups is 1. The third-order valence-electron chi connectivity index (χ3n) is 6.09. The number of hydrogen-bond acceptors (Lipinski definition) is 9. The van der Waals surface area contributed by atoms with E-state index in [4.69, 9.17) is 21.1 Å². The molecule has 4 heterocycles. The van der Waals surface area contributed by atoms with E-state index in [0.29, 0.717) is 29.8 Å². The molecule has 1 aliphatic rings. The van der Waals surface area contributed by atoms with E-state index in [1.54, 1.807) is 19.3 Å². The summed E-state index contributed by atoms with van der Waals surface area (Å²) >= 11 is 5.88. The molecule has 35 heavy (non-hydrogen) atoms. The smallest absolute Gasteiger partial charge is 0.165 e. The number of hydrogen-bond donors (Lipinski definition) is 0. The molecule has 3 aromatic heterocycles. The van der Waals surface area contributed by atoms with Crippen molar-refractivity contribution >= 4 is 21.4 Å². The second-order valence-corrected chi connectivity index (χ2v) is 11.5. The summed E-state index contributed by atoms with van der Waals surface area (Å²) in [6.45, 7) is 4.68. The normalized spacial score (nSPS) is 18.3. The minimum atomic E-state index is -3.74. The number of methoxy groups -OCH3 is 1. The number of aryl methyl sites for hydroxylation is 1. The molecule has 0 aliphatic carbocycles. The molecule has 1 fully saturated rings. The highest BCUT2D eigenvalue weighted by Gasteiger charge is 2.35. The molecule has 0 spiro atoms. The van der Waals surface area contributed by atoms with Gasteiger partial charge in [-0.1, -0.05) is 11.6 Å². The van der Waals surface area contributed by atoms with Crippen LogP contribution in [0.25, 0.3) is 11.4 Å². The average molecular weight is 521 g/mol. The molecule has 12 heteroatoms. The molecule has 3 aromatic rings. The van der Waals surface area contributed by atoms with Gasteiger partial charge >= 0.3 is 0 Å². The van der Waals surface area contributed by atoms with Gasteiger partial charge in [-0.2, -0.15) is 0 Å². The molecule has 0 bridgehead atoms. The first-order chi connectivity index (χ1) is 16.8. The Bertz CT molecular complexity index is 1250. The highest BCUT2D eigenvalue weighted by Crippen LogP contribution is 2.28. The molecule has 0 amide bonds. The summed E-state index contributed by atoms with van der Waals surface area (Å²) in [6, 6.07) is 1.95. The Balaban J connectivity index is 1.65. The molecular formula is C23H29ClN6O4S. The molecule has 3 atom stereocenters. The molecule has 4 rings (SSSR count). The molecule has 1 saturated heterocycles. The van der Waals surface area contributed by atoms with Crippen LogP contribution < -0.4 is 0 Å². The van der Waals surface area contributed by atoms with Gasteiger partial charge in [0.25, 0.3) is 0 Å². The van der Waals surface area contributed by atoms with Crippen molar-refractivity contribution in [2.45, 2.75) is 62.9 Å². The van der Waals surface area contributed by atoms with Crippen LogP contribution in [-0.4, -0.2) is 63.2 Å². The fourth-order valence-corrected chi connectivity index (χ4v) is 5.70. The van der Waals surface area contributed by atoms with Crippen LogP contribution in [0, 0.1) is 6.92 Å². The predicted octanol–water partition coefficient (Wildman–Crippen LogP) is 3.35. The summed E-state index contributed by atoms with van der Waals surface area (Å²) in [6.07, 6.45) is 8.37. The largest absolute Gasteiger partial charge is 0.376 e. The third-order valence-corrected chi connectivity index (χ3v) is 8.33. The third kappa shape index (κ3) is 6.03. The van der Waals surface area contributed by atoms with Gasteiger partial charge in [0.2, 0.25) is 0 Å². The second kappa shape index (κ2) is 11.1. The van der Waals surface area contributed by atoms with Crippen molar-refractivity contribution in [2.24, 2.45) is 0 Å². The van der Waals surface area contributed by atoms with Gasteiger partial charge in [-0.05, 0) is 44.7 Å². The zero-order chi connectivity index (χ0) is 25.0. The number of halogens is 1. The van der Waals surface area contributed by atoms with Gasteiger partial charge in [0, 0.05) is 44.1 Å². The summed E-state index contributed by atoms with van der Waals surface area (Å²) < 4.78 is 40.3. The van der Waals surface area contributed by atoms with Gasteiger partial charge in [0.1, 0.15) is 17.7 Å². The summed E-state index contributed by atoms with van der Waals surface area (Å²) in [5.74, 6) is 0.837. The maximum atomic E-state index is 13.5. The van der Waals surface area contributed by atoms with Crippen LogP contribution in [0.5, 0.6) is 0 Å². The van der Waals surface area contributed by atoms with Crippen molar-refractivity contribution in [3.8, 4) is 11.4 Å². The molecule has 1 aliphatic heterocycles. The van der Waals surface area contributed by atoms with E-state index >= 15 is 0 Å². The van der Waals surface area contributed by atoms with Crippen LogP contribution >= 0.6 is 11.6 Å². The predicted molar refractivity (Wildman–Crippen MR) is 130 cm³/mol. The summed E-state index contributed by atoms with van der Waals surface area (Å²) in [4.78, 5) is 12.6. The molecule has 0 unspecified atom stereocenters. The van der Waals surface area contributed by atoms with Crippen LogP contribution in [0.4, 0.5) is 0 Å². The first-order valence-corrected chi connectivity index (χ1v) is 13.6. The highest BCUT2D eigenvalue weighted by atomic mass is 35.5. The summed E-state index contributed by atoms with van der Waals surface area (Å²) in [5, 5.41) is 8.06. The molecule has 188 valence electrons. The molecular weight excluding hydrogens is 492 g/mol. The Labute approximate surface area is 210 Å². The van der Waals surface area contributed by atoms with Crippen molar-refractivity contribution in [3.63, 3.8) is 0 Å². The standard InChI is InChI=1S/C23H29ClN6O4S/c1-15-8-17(10-25-9-15)23-29-28-20(30(23)13-19-6-4-5-7-34-19)14-35(31,32)16(2)21(33-3)22-26-11-18(24)12-27-22/h8-12,16,19,21H,4-7,13-14H2,1-3H3/t16-,19+,21-/m0/s1. The minimum absolute atomic E-state index is 0.0377. The zero-order valence-electron chi connectivity index (χ0n) is 20.0. The van der Waals surface area contributed by atoms with Crippen molar-refractivity contribution in [1.29, 1.82) is 0 Å². The fraction of sp³-hybridized carbons (Fsp3) is 0.522. The highest BCUT2D eigenvalue weighted by molar-refractivity contribution is 7.91. The molecule has 0 aromatic carbocycles. The van der Waals surface area contributed by atoms with Crippen LogP contribution in [0.3, 0.4) is 0 Å². The van der Waals surface area contributed by atoms with E-state index in [9.17, 15) is 8.42 Å². The topological polar surface area (TPSA) is 122 Å². The SMILES string of the molecule is CO[C@H](c1ncc(Cl)cn1)[C@H](C)S(=O)(=O)Cc1nnc(-c2cncc(C)c2)n1C[C@H]1CCCCO1. The number of rotatable bonds is 9. The number of aromatic nitrogens is 6. The van der Waals surface area contributed by atoms with Crippen molar-refractivity contribution in [1.82, 2.24) is 29.7 Å². The van der Waals surface area contributed by atoms with Gasteiger partial charge in [0.15, 0.2) is 21.5 Å². The van der Waals surface area contributed by atoms with Gasteiger partial charge in [0.05, 0.1) is 22.9 Å². The van der Waals surface area contributed by atoms with E-state index in [1.807, 2.05) is 17.6 Å². The maximum absolute atomic E-state index is 13.5. The van der Waals surface area contributed by atoms with Gasteiger partial charge < -0.3 is 14.0 Å². The van der Waals surface area contributed by atoms with Gasteiger partial charge in [-0.3, -0.25) is 4.98 Å². The Kier molecular flexibility index (Phi) is 8.10. The van der Waals surface area contributed by atoms with Crippen LogP contribution in [0.2, 0.25) is 5.02 Å². The quantitative estimate of drug-likeness (QED) is 0.418. The first kappa shape index (κ1) is 25.6. The number of ether oxygens (including phenoxy) is 2. The fourth-order valence-electron chi connectivity index (χ4n) is 4.16. The van der Waals surface area contributed by atoms with Crippen molar-refractivity contribution in [3.05, 3.63) is 53.1 Å².